The maximum absolute atomic E-state index is 6.06. The van der Waals surface area contributed by atoms with Gasteiger partial charge in [-0.25, -0.2) is 0 Å². The molecule has 0 spiro atoms. The molecule has 0 amide bonds. The van der Waals surface area contributed by atoms with Crippen LogP contribution < -0.4 is 15.4 Å². The average Bonchev–Trinajstić information content (AvgIpc) is 2.25. The van der Waals surface area contributed by atoms with E-state index in [0.717, 1.165) is 11.4 Å². The smallest absolute Gasteiger partial charge is 0.121 e. The fourth-order valence-corrected chi connectivity index (χ4v) is 1.29. The molecule has 1 unspecified atom stereocenters. The minimum atomic E-state index is 0.0329. The van der Waals surface area contributed by atoms with E-state index in [1.54, 1.807) is 0 Å². The number of anilines is 1. The molecular weight excluding hydrogens is 212 g/mol. The summed E-state index contributed by atoms with van der Waals surface area (Å²) in [7, 11) is 4.03. The third-order valence-electron chi connectivity index (χ3n) is 2.88. The first kappa shape index (κ1) is 13.8. The van der Waals surface area contributed by atoms with Gasteiger partial charge < -0.3 is 15.4 Å². The lowest BCUT2D eigenvalue weighted by Gasteiger charge is -2.27. The predicted molar refractivity (Wildman–Crippen MR) is 73.7 cm³/mol. The number of ether oxygens (including phenoxy) is 1. The molecule has 1 aromatic rings. The van der Waals surface area contributed by atoms with Crippen molar-refractivity contribution >= 4 is 5.69 Å². The van der Waals surface area contributed by atoms with Crippen LogP contribution in [0.25, 0.3) is 0 Å². The first-order chi connectivity index (χ1) is 7.80. The molecule has 2 N–H and O–H groups in total. The van der Waals surface area contributed by atoms with Gasteiger partial charge in [0.15, 0.2) is 0 Å². The van der Waals surface area contributed by atoms with Crippen molar-refractivity contribution in [3.05, 3.63) is 24.3 Å². The molecule has 0 aliphatic heterocycles. The quantitative estimate of drug-likeness (QED) is 0.873. The summed E-state index contributed by atoms with van der Waals surface area (Å²) >= 11 is 0. The number of hydrogen-bond acceptors (Lipinski definition) is 3. The molecule has 3 nitrogen and oxygen atoms in total. The van der Waals surface area contributed by atoms with E-state index in [4.69, 9.17) is 10.5 Å². The number of hydrogen-bond donors (Lipinski definition) is 1. The van der Waals surface area contributed by atoms with Gasteiger partial charge in [-0.2, -0.15) is 0 Å². The van der Waals surface area contributed by atoms with Crippen LogP contribution in [-0.2, 0) is 0 Å². The van der Waals surface area contributed by atoms with E-state index in [2.05, 4.69) is 31.7 Å². The van der Waals surface area contributed by atoms with E-state index >= 15 is 0 Å². The average molecular weight is 236 g/mol. The van der Waals surface area contributed by atoms with Crippen LogP contribution in [0.4, 0.5) is 5.69 Å². The van der Waals surface area contributed by atoms with Gasteiger partial charge >= 0.3 is 0 Å². The largest absolute Gasteiger partial charge is 0.492 e. The van der Waals surface area contributed by atoms with Gasteiger partial charge in [0.1, 0.15) is 12.4 Å². The van der Waals surface area contributed by atoms with E-state index in [1.165, 1.54) is 0 Å². The highest BCUT2D eigenvalue weighted by molar-refractivity contribution is 5.49. The van der Waals surface area contributed by atoms with Crippen LogP contribution in [0.5, 0.6) is 5.75 Å². The Morgan fingerprint density at radius 1 is 1.29 bits per heavy atom. The van der Waals surface area contributed by atoms with Crippen LogP contribution in [0.2, 0.25) is 0 Å². The lowest BCUT2D eigenvalue weighted by Crippen LogP contribution is -2.40. The van der Waals surface area contributed by atoms with Gasteiger partial charge in [-0.1, -0.05) is 26.8 Å². The summed E-state index contributed by atoms with van der Waals surface area (Å²) in [5.74, 6) is 0.871. The highest BCUT2D eigenvalue weighted by Crippen LogP contribution is 2.22. The van der Waals surface area contributed by atoms with Crippen molar-refractivity contribution in [2.75, 3.05) is 25.6 Å². The maximum atomic E-state index is 6.06. The Labute approximate surface area is 105 Å². The third-order valence-corrected chi connectivity index (χ3v) is 2.88. The fraction of sp³-hybridized carbons (Fsp3) is 0.571. The van der Waals surface area contributed by atoms with E-state index in [-0.39, 0.29) is 11.5 Å². The molecule has 1 rings (SSSR count). The van der Waals surface area contributed by atoms with E-state index in [9.17, 15) is 0 Å². The van der Waals surface area contributed by atoms with Crippen molar-refractivity contribution in [2.45, 2.75) is 26.8 Å². The molecule has 1 atom stereocenters. The lowest BCUT2D eigenvalue weighted by atomic mass is 9.88. The number of nitrogens with zero attached hydrogens (tertiary/aromatic N) is 1. The van der Waals surface area contributed by atoms with E-state index in [1.807, 2.05) is 32.3 Å². The molecule has 0 aliphatic carbocycles. The molecule has 0 saturated carbocycles. The topological polar surface area (TPSA) is 38.5 Å². The summed E-state index contributed by atoms with van der Waals surface area (Å²) in [4.78, 5) is 2.05. The molecule has 0 aliphatic rings. The van der Waals surface area contributed by atoms with Gasteiger partial charge in [0, 0.05) is 31.9 Å². The Kier molecular flexibility index (Phi) is 4.40. The van der Waals surface area contributed by atoms with Gasteiger partial charge in [0.05, 0.1) is 0 Å². The number of rotatable bonds is 4. The number of benzene rings is 1. The Bertz CT molecular complexity index is 355. The zero-order valence-corrected chi connectivity index (χ0v) is 11.5. The molecule has 3 heteroatoms. The second-order valence-corrected chi connectivity index (χ2v) is 5.68. The van der Waals surface area contributed by atoms with Crippen molar-refractivity contribution in [1.29, 1.82) is 0 Å². The number of nitrogens with two attached hydrogens (primary N) is 1. The standard InChI is InChI=1S/C14H24N2O/c1-14(2,3)13(15)10-17-12-8-6-7-11(9-12)16(4)5/h6-9,13H,10,15H2,1-5H3. The highest BCUT2D eigenvalue weighted by atomic mass is 16.5. The Morgan fingerprint density at radius 3 is 2.47 bits per heavy atom. The van der Waals surface area contributed by atoms with Gasteiger partial charge in [0.25, 0.3) is 0 Å². The normalized spacial score (nSPS) is 13.3. The second kappa shape index (κ2) is 5.41. The van der Waals surface area contributed by atoms with Crippen LogP contribution in [0, 0.1) is 5.41 Å². The summed E-state index contributed by atoms with van der Waals surface area (Å²) < 4.78 is 5.73. The Morgan fingerprint density at radius 2 is 1.94 bits per heavy atom. The highest BCUT2D eigenvalue weighted by Gasteiger charge is 2.21. The van der Waals surface area contributed by atoms with Crippen LogP contribution in [-0.4, -0.2) is 26.7 Å². The molecule has 0 fully saturated rings. The van der Waals surface area contributed by atoms with Crippen molar-refractivity contribution in [3.8, 4) is 5.75 Å². The Balaban J connectivity index is 2.61. The van der Waals surface area contributed by atoms with Crippen LogP contribution >= 0.6 is 0 Å². The molecular formula is C14H24N2O. The zero-order valence-electron chi connectivity index (χ0n) is 11.5. The second-order valence-electron chi connectivity index (χ2n) is 5.68. The van der Waals surface area contributed by atoms with Crippen molar-refractivity contribution < 1.29 is 4.74 Å². The van der Waals surface area contributed by atoms with Crippen LogP contribution in [0.3, 0.4) is 0 Å². The summed E-state index contributed by atoms with van der Waals surface area (Å²) in [6, 6.07) is 8.06. The molecule has 0 heterocycles. The molecule has 0 radical (unpaired) electrons. The summed E-state index contributed by atoms with van der Waals surface area (Å²) in [6.07, 6.45) is 0. The Hall–Kier alpha value is -1.22. The first-order valence-corrected chi connectivity index (χ1v) is 5.96. The molecule has 0 saturated heterocycles. The summed E-state index contributed by atoms with van der Waals surface area (Å²) in [5.41, 5.74) is 7.26. The third kappa shape index (κ3) is 4.27. The van der Waals surface area contributed by atoms with Crippen molar-refractivity contribution in [2.24, 2.45) is 11.1 Å². The van der Waals surface area contributed by atoms with Gasteiger partial charge in [0.2, 0.25) is 0 Å². The van der Waals surface area contributed by atoms with Crippen LogP contribution in [0.15, 0.2) is 24.3 Å². The van der Waals surface area contributed by atoms with Gasteiger partial charge in [-0.3, -0.25) is 0 Å². The van der Waals surface area contributed by atoms with E-state index < -0.39 is 0 Å². The minimum Gasteiger partial charge on any atom is -0.492 e. The van der Waals surface area contributed by atoms with Crippen molar-refractivity contribution in [1.82, 2.24) is 0 Å². The van der Waals surface area contributed by atoms with Crippen LogP contribution in [0.1, 0.15) is 20.8 Å². The first-order valence-electron chi connectivity index (χ1n) is 5.96. The lowest BCUT2D eigenvalue weighted by molar-refractivity contribution is 0.205. The minimum absolute atomic E-state index is 0.0329. The SMILES string of the molecule is CN(C)c1cccc(OCC(N)C(C)(C)C)c1. The zero-order chi connectivity index (χ0) is 13.1. The predicted octanol–water partition coefficient (Wildman–Crippen LogP) is 2.50. The molecule has 0 bridgehead atoms. The molecule has 0 aromatic heterocycles. The monoisotopic (exact) mass is 236 g/mol. The molecule has 1 aromatic carbocycles. The summed E-state index contributed by atoms with van der Waals surface area (Å²) in [6.45, 7) is 6.91. The molecule has 17 heavy (non-hydrogen) atoms. The van der Waals surface area contributed by atoms with E-state index in [0.29, 0.717) is 6.61 Å². The van der Waals surface area contributed by atoms with Gasteiger partial charge in [-0.05, 0) is 17.5 Å². The fourth-order valence-electron chi connectivity index (χ4n) is 1.29. The maximum Gasteiger partial charge on any atom is 0.121 e. The van der Waals surface area contributed by atoms with Gasteiger partial charge in [-0.15, -0.1) is 0 Å². The molecule has 96 valence electrons. The van der Waals surface area contributed by atoms with Crippen molar-refractivity contribution in [3.63, 3.8) is 0 Å². The summed E-state index contributed by atoms with van der Waals surface area (Å²) in [5, 5.41) is 0.